The number of nitrogens with zero attached hydrogens (tertiary/aromatic N) is 1. The number of pyridine rings is 1. The van der Waals surface area contributed by atoms with Crippen LogP contribution in [0, 0.1) is 18.8 Å². The van der Waals surface area contributed by atoms with Crippen molar-refractivity contribution in [2.24, 2.45) is 5.73 Å². The van der Waals surface area contributed by atoms with Gasteiger partial charge < -0.3 is 17.2 Å². The van der Waals surface area contributed by atoms with Crippen LogP contribution in [-0.4, -0.2) is 10.9 Å². The normalized spacial score (nSPS) is 8.93. The summed E-state index contributed by atoms with van der Waals surface area (Å²) < 4.78 is 0. The monoisotopic (exact) mass is 190 g/mol. The number of hydrogen-bond acceptors (Lipinski definition) is 4. The average molecular weight is 190 g/mol. The van der Waals surface area contributed by atoms with Gasteiger partial charge in [0.25, 0.3) is 5.91 Å². The molecule has 0 bridgehead atoms. The van der Waals surface area contributed by atoms with Crippen LogP contribution in [0.3, 0.4) is 0 Å². The Morgan fingerprint density at radius 3 is 2.71 bits per heavy atom. The van der Waals surface area contributed by atoms with Crippen LogP contribution in [0.15, 0.2) is 6.20 Å². The number of hydrogen-bond donors (Lipinski definition) is 3. The van der Waals surface area contributed by atoms with Gasteiger partial charge in [0.1, 0.15) is 5.82 Å². The summed E-state index contributed by atoms with van der Waals surface area (Å²) in [5.41, 5.74) is 17.6. The first-order valence-electron chi connectivity index (χ1n) is 3.84. The first kappa shape index (κ1) is 9.86. The molecule has 1 aromatic heterocycles. The second kappa shape index (κ2) is 3.66. The molecule has 72 valence electrons. The lowest BCUT2D eigenvalue weighted by atomic mass is 10.1. The number of anilines is 2. The topological polar surface area (TPSA) is 108 Å². The van der Waals surface area contributed by atoms with Gasteiger partial charge in [0.15, 0.2) is 0 Å². The Balaban J connectivity index is 3.20. The van der Waals surface area contributed by atoms with Crippen molar-refractivity contribution in [3.05, 3.63) is 17.3 Å². The number of nitrogens with two attached hydrogens (primary N) is 3. The molecule has 1 amide bonds. The third-order valence-electron chi connectivity index (χ3n) is 1.74. The van der Waals surface area contributed by atoms with E-state index in [4.69, 9.17) is 17.2 Å². The number of carbonyl (C=O) groups is 1. The van der Waals surface area contributed by atoms with E-state index in [1.54, 1.807) is 6.92 Å². The predicted molar refractivity (Wildman–Crippen MR) is 53.9 cm³/mol. The fourth-order valence-corrected chi connectivity index (χ4v) is 0.893. The fraction of sp³-hybridized carbons (Fsp3) is 0.111. The number of aromatic nitrogens is 1. The number of rotatable bonds is 0. The molecule has 0 aliphatic heterocycles. The zero-order valence-electron chi connectivity index (χ0n) is 7.66. The highest BCUT2D eigenvalue weighted by Gasteiger charge is 2.03. The maximum absolute atomic E-state index is 10.4. The summed E-state index contributed by atoms with van der Waals surface area (Å²) in [6.07, 6.45) is 1.46. The maximum atomic E-state index is 10.4. The van der Waals surface area contributed by atoms with Crippen molar-refractivity contribution in [1.29, 1.82) is 0 Å². The highest BCUT2D eigenvalue weighted by Crippen LogP contribution is 2.19. The third-order valence-corrected chi connectivity index (χ3v) is 1.74. The second-order valence-corrected chi connectivity index (χ2v) is 2.71. The molecule has 1 aromatic rings. The quantitative estimate of drug-likeness (QED) is 0.474. The molecule has 0 atom stereocenters. The van der Waals surface area contributed by atoms with E-state index in [1.165, 1.54) is 6.20 Å². The van der Waals surface area contributed by atoms with Crippen LogP contribution in [0.1, 0.15) is 11.1 Å². The number of nitrogen functional groups attached to an aromatic ring is 2. The van der Waals surface area contributed by atoms with Crippen molar-refractivity contribution in [3.8, 4) is 11.8 Å². The van der Waals surface area contributed by atoms with Crippen LogP contribution < -0.4 is 17.2 Å². The van der Waals surface area contributed by atoms with Gasteiger partial charge in [0.05, 0.1) is 5.69 Å². The van der Waals surface area contributed by atoms with E-state index in [1.807, 2.05) is 0 Å². The van der Waals surface area contributed by atoms with Crippen LogP contribution in [0.25, 0.3) is 0 Å². The lowest BCUT2D eigenvalue weighted by Gasteiger charge is -2.04. The molecule has 5 nitrogen and oxygen atoms in total. The van der Waals surface area contributed by atoms with Gasteiger partial charge in [0, 0.05) is 17.7 Å². The Morgan fingerprint density at radius 2 is 2.14 bits per heavy atom. The Hall–Kier alpha value is -2.22. The van der Waals surface area contributed by atoms with Crippen molar-refractivity contribution < 1.29 is 4.79 Å². The third kappa shape index (κ3) is 1.93. The molecule has 1 heterocycles. The Labute approximate surface area is 81.3 Å². The zero-order chi connectivity index (χ0) is 10.7. The van der Waals surface area contributed by atoms with E-state index in [0.29, 0.717) is 16.8 Å². The molecule has 0 fully saturated rings. The summed E-state index contributed by atoms with van der Waals surface area (Å²) in [7, 11) is 0. The van der Waals surface area contributed by atoms with Gasteiger partial charge in [-0.25, -0.2) is 4.98 Å². The highest BCUT2D eigenvalue weighted by molar-refractivity contribution is 5.92. The minimum Gasteiger partial charge on any atom is -0.395 e. The summed E-state index contributed by atoms with van der Waals surface area (Å²) in [6, 6.07) is 0. The Morgan fingerprint density at radius 1 is 1.50 bits per heavy atom. The smallest absolute Gasteiger partial charge is 0.293 e. The molecule has 0 aliphatic carbocycles. The maximum Gasteiger partial charge on any atom is 0.293 e. The standard InChI is InChI=1S/C9H10N4O/c1-5-6(2-3-7(10)14)4-13-9(12)8(5)11/h4H,11H2,1H3,(H2,10,14)(H2,12,13). The van der Waals surface area contributed by atoms with Crippen LogP contribution in [0.2, 0.25) is 0 Å². The van der Waals surface area contributed by atoms with Gasteiger partial charge in [-0.3, -0.25) is 4.79 Å². The van der Waals surface area contributed by atoms with E-state index >= 15 is 0 Å². The van der Waals surface area contributed by atoms with Crippen molar-refractivity contribution in [1.82, 2.24) is 4.98 Å². The van der Waals surface area contributed by atoms with Crippen molar-refractivity contribution in [2.45, 2.75) is 6.92 Å². The minimum atomic E-state index is -0.695. The van der Waals surface area contributed by atoms with E-state index in [2.05, 4.69) is 16.8 Å². The molecular weight excluding hydrogens is 180 g/mol. The first-order valence-corrected chi connectivity index (χ1v) is 3.84. The molecule has 1 rings (SSSR count). The van der Waals surface area contributed by atoms with E-state index in [-0.39, 0.29) is 5.82 Å². The van der Waals surface area contributed by atoms with Gasteiger partial charge in [-0.1, -0.05) is 5.92 Å². The minimum absolute atomic E-state index is 0.257. The van der Waals surface area contributed by atoms with Gasteiger partial charge in [0.2, 0.25) is 0 Å². The Bertz CT molecular complexity index is 442. The molecule has 0 aromatic carbocycles. The van der Waals surface area contributed by atoms with Crippen LogP contribution in [-0.2, 0) is 4.79 Å². The lowest BCUT2D eigenvalue weighted by Crippen LogP contribution is -2.07. The summed E-state index contributed by atoms with van der Waals surface area (Å²) in [4.78, 5) is 14.2. The first-order chi connectivity index (χ1) is 6.52. The van der Waals surface area contributed by atoms with E-state index < -0.39 is 5.91 Å². The largest absolute Gasteiger partial charge is 0.395 e. The Kier molecular flexibility index (Phi) is 2.58. The van der Waals surface area contributed by atoms with Crippen molar-refractivity contribution in [2.75, 3.05) is 11.5 Å². The molecular formula is C9H10N4O. The van der Waals surface area contributed by atoms with Gasteiger partial charge in [-0.2, -0.15) is 0 Å². The molecule has 14 heavy (non-hydrogen) atoms. The van der Waals surface area contributed by atoms with Crippen LogP contribution in [0.4, 0.5) is 11.5 Å². The molecule has 0 saturated heterocycles. The molecule has 0 aliphatic rings. The molecule has 0 radical (unpaired) electrons. The predicted octanol–water partition coefficient (Wildman–Crippen LogP) is -0.609. The van der Waals surface area contributed by atoms with Gasteiger partial charge >= 0.3 is 0 Å². The molecule has 0 spiro atoms. The number of carbonyl (C=O) groups excluding carboxylic acids is 1. The molecule has 0 saturated carbocycles. The molecule has 6 N–H and O–H groups in total. The summed E-state index contributed by atoms with van der Waals surface area (Å²) in [5, 5.41) is 0. The second-order valence-electron chi connectivity index (χ2n) is 2.71. The number of primary amides is 1. The molecule has 5 heteroatoms. The van der Waals surface area contributed by atoms with Crippen molar-refractivity contribution >= 4 is 17.4 Å². The summed E-state index contributed by atoms with van der Waals surface area (Å²) in [5.74, 6) is 4.32. The van der Waals surface area contributed by atoms with Crippen molar-refractivity contribution in [3.63, 3.8) is 0 Å². The summed E-state index contributed by atoms with van der Waals surface area (Å²) >= 11 is 0. The average Bonchev–Trinajstić information content (AvgIpc) is 2.13. The highest BCUT2D eigenvalue weighted by atomic mass is 16.1. The van der Waals surface area contributed by atoms with E-state index in [9.17, 15) is 4.79 Å². The molecule has 0 unspecified atom stereocenters. The lowest BCUT2D eigenvalue weighted by molar-refractivity contribution is -0.112. The van der Waals surface area contributed by atoms with Crippen LogP contribution in [0.5, 0.6) is 0 Å². The number of amides is 1. The van der Waals surface area contributed by atoms with Gasteiger partial charge in [-0.05, 0) is 12.5 Å². The van der Waals surface area contributed by atoms with Crippen LogP contribution >= 0.6 is 0 Å². The van der Waals surface area contributed by atoms with Gasteiger partial charge in [-0.15, -0.1) is 0 Å². The van der Waals surface area contributed by atoms with E-state index in [0.717, 1.165) is 0 Å². The SMILES string of the molecule is Cc1c(C#CC(N)=O)cnc(N)c1N. The fourth-order valence-electron chi connectivity index (χ4n) is 0.893. The summed E-state index contributed by atoms with van der Waals surface area (Å²) in [6.45, 7) is 1.75. The zero-order valence-corrected chi connectivity index (χ0v) is 7.66.